The molecule has 6 rings (SSSR count). The quantitative estimate of drug-likeness (QED) is 0.259. The number of esters is 1. The van der Waals surface area contributed by atoms with E-state index in [9.17, 15) is 20.1 Å². The molecular formula is C32H46O9. The van der Waals surface area contributed by atoms with Crippen molar-refractivity contribution in [2.24, 2.45) is 17.8 Å². The molecule has 1 aliphatic carbocycles. The van der Waals surface area contributed by atoms with Crippen LogP contribution in [0.1, 0.15) is 72.6 Å². The predicted molar refractivity (Wildman–Crippen MR) is 149 cm³/mol. The third kappa shape index (κ3) is 5.26. The van der Waals surface area contributed by atoms with Crippen molar-refractivity contribution in [2.75, 3.05) is 13.2 Å². The average molecular weight is 575 g/mol. The van der Waals surface area contributed by atoms with Crippen LogP contribution in [0.5, 0.6) is 0 Å². The molecule has 4 fully saturated rings. The van der Waals surface area contributed by atoms with E-state index in [2.05, 4.69) is 19.9 Å². The van der Waals surface area contributed by atoms with Gasteiger partial charge in [-0.05, 0) is 50.2 Å². The van der Waals surface area contributed by atoms with Crippen LogP contribution in [0, 0.1) is 17.8 Å². The molecule has 0 amide bonds. The number of epoxide rings is 1. The molecule has 4 saturated heterocycles. The second-order valence-electron chi connectivity index (χ2n) is 13.5. The highest BCUT2D eigenvalue weighted by Gasteiger charge is 2.60. The first kappa shape index (κ1) is 29.5. The van der Waals surface area contributed by atoms with Gasteiger partial charge in [-0.3, -0.25) is 4.79 Å². The Kier molecular flexibility index (Phi) is 7.80. The minimum Gasteiger partial charge on any atom is -0.462 e. The molecule has 5 heterocycles. The summed E-state index contributed by atoms with van der Waals surface area (Å²) in [5, 5.41) is 32.9. The molecule has 2 bridgehead atoms. The number of fused-ring (bicyclic) bond motifs is 3. The van der Waals surface area contributed by atoms with Gasteiger partial charge in [-0.1, -0.05) is 38.2 Å². The van der Waals surface area contributed by atoms with Gasteiger partial charge in [0.15, 0.2) is 5.79 Å². The van der Waals surface area contributed by atoms with Crippen molar-refractivity contribution < 1.29 is 43.8 Å². The first-order valence-corrected chi connectivity index (χ1v) is 15.4. The molecule has 3 N–H and O–H groups in total. The van der Waals surface area contributed by atoms with Gasteiger partial charge in [0.25, 0.3) is 0 Å². The molecule has 228 valence electrons. The third-order valence-electron chi connectivity index (χ3n) is 10.4. The Morgan fingerprint density at radius 2 is 1.93 bits per heavy atom. The summed E-state index contributed by atoms with van der Waals surface area (Å²) in [4.78, 5) is 13.9. The lowest BCUT2D eigenvalue weighted by Crippen LogP contribution is -2.58. The van der Waals surface area contributed by atoms with Crippen LogP contribution in [0.4, 0.5) is 0 Å². The molecule has 0 aromatic carbocycles. The fourth-order valence-corrected chi connectivity index (χ4v) is 8.03. The Bertz CT molecular complexity index is 1120. The van der Waals surface area contributed by atoms with Gasteiger partial charge < -0.3 is 39.0 Å². The maximum atomic E-state index is 13.9. The zero-order chi connectivity index (χ0) is 29.2. The number of allylic oxidation sites excluding steroid dienone is 3. The molecule has 12 atom stereocenters. The van der Waals surface area contributed by atoms with Gasteiger partial charge in [0.05, 0.1) is 30.5 Å². The number of aliphatic hydroxyl groups is 3. The van der Waals surface area contributed by atoms with Gasteiger partial charge in [-0.15, -0.1) is 0 Å². The smallest absolute Gasteiger partial charge is 0.316 e. The van der Waals surface area contributed by atoms with Crippen molar-refractivity contribution in [1.29, 1.82) is 0 Å². The lowest BCUT2D eigenvalue weighted by molar-refractivity contribution is -0.338. The summed E-state index contributed by atoms with van der Waals surface area (Å²) in [5.74, 6) is -2.22. The molecule has 6 aliphatic rings. The zero-order valence-corrected chi connectivity index (χ0v) is 24.7. The molecule has 9 nitrogen and oxygen atoms in total. The summed E-state index contributed by atoms with van der Waals surface area (Å²) in [5.41, 5.74) is -0.865. The first-order chi connectivity index (χ1) is 19.5. The summed E-state index contributed by atoms with van der Waals surface area (Å²) in [6, 6.07) is 0. The Hall–Kier alpha value is -1.59. The highest BCUT2D eigenvalue weighted by molar-refractivity contribution is 5.78. The van der Waals surface area contributed by atoms with Gasteiger partial charge in [0.2, 0.25) is 0 Å². The first-order valence-electron chi connectivity index (χ1n) is 15.4. The Morgan fingerprint density at radius 1 is 1.12 bits per heavy atom. The van der Waals surface area contributed by atoms with E-state index in [1.807, 2.05) is 19.1 Å². The fourth-order valence-electron chi connectivity index (χ4n) is 8.03. The van der Waals surface area contributed by atoms with Crippen LogP contribution in [-0.4, -0.2) is 88.1 Å². The molecule has 41 heavy (non-hydrogen) atoms. The summed E-state index contributed by atoms with van der Waals surface area (Å²) in [7, 11) is 0. The average Bonchev–Trinajstić information content (AvgIpc) is 3.40. The number of carbonyl (C=O) groups excluding carboxylic acids is 1. The highest BCUT2D eigenvalue weighted by Crippen LogP contribution is 2.50. The zero-order valence-electron chi connectivity index (χ0n) is 24.7. The maximum Gasteiger partial charge on any atom is 0.316 e. The standard InChI is InChI=1S/C32H46O9/c1-5-25-20(16-33)9-10-31(40-25)15-23-12-22(39-31)13-26-30(4,41-26)14-18(2)7-6-8-21-17-37-28-27(34)19(3)11-24(29(35)38-23)32(21,28)36/h6-8,11,18,20,22-28,33-34,36H,5,9-10,12-17H2,1-4H3/b7-6+,21-8+/t18-,20+,22-,23-,24-,25?,26+,27+,28+,30-,31+,32+/m0/s1. The molecule has 1 unspecified atom stereocenters. The van der Waals surface area contributed by atoms with Crippen molar-refractivity contribution in [3.05, 3.63) is 35.5 Å². The molecule has 5 aliphatic heterocycles. The lowest BCUT2D eigenvalue weighted by atomic mass is 9.71. The molecule has 9 heteroatoms. The summed E-state index contributed by atoms with van der Waals surface area (Å²) in [6.45, 7) is 8.25. The molecular weight excluding hydrogens is 528 g/mol. The van der Waals surface area contributed by atoms with Gasteiger partial charge >= 0.3 is 5.97 Å². The Labute approximate surface area is 242 Å². The van der Waals surface area contributed by atoms with Crippen LogP contribution in [-0.2, 0) is 28.5 Å². The van der Waals surface area contributed by atoms with E-state index in [0.29, 0.717) is 36.8 Å². The monoisotopic (exact) mass is 574 g/mol. The van der Waals surface area contributed by atoms with Crippen LogP contribution in [0.25, 0.3) is 0 Å². The number of hydrogen-bond acceptors (Lipinski definition) is 9. The van der Waals surface area contributed by atoms with Crippen LogP contribution in [0.3, 0.4) is 0 Å². The van der Waals surface area contributed by atoms with Crippen LogP contribution in [0.15, 0.2) is 35.5 Å². The van der Waals surface area contributed by atoms with E-state index in [4.69, 9.17) is 23.7 Å². The highest BCUT2D eigenvalue weighted by atomic mass is 16.7. The lowest BCUT2D eigenvalue weighted by Gasteiger charge is -2.50. The van der Waals surface area contributed by atoms with E-state index < -0.39 is 41.6 Å². The molecule has 0 saturated carbocycles. The number of carbonyl (C=O) groups is 1. The maximum absolute atomic E-state index is 13.9. The van der Waals surface area contributed by atoms with E-state index >= 15 is 0 Å². The summed E-state index contributed by atoms with van der Waals surface area (Å²) >= 11 is 0. The van der Waals surface area contributed by atoms with E-state index in [0.717, 1.165) is 19.3 Å². The molecule has 0 radical (unpaired) electrons. The van der Waals surface area contributed by atoms with Gasteiger partial charge in [-0.2, -0.15) is 0 Å². The topological polar surface area (TPSA) is 127 Å². The van der Waals surface area contributed by atoms with Crippen molar-refractivity contribution >= 4 is 5.97 Å². The van der Waals surface area contributed by atoms with Crippen molar-refractivity contribution in [1.82, 2.24) is 0 Å². The fraction of sp³-hybridized carbons (Fsp3) is 0.781. The Morgan fingerprint density at radius 3 is 2.68 bits per heavy atom. The molecule has 0 aromatic rings. The van der Waals surface area contributed by atoms with Crippen molar-refractivity contribution in [3.8, 4) is 0 Å². The number of ether oxygens (including phenoxy) is 5. The number of hydrogen-bond donors (Lipinski definition) is 3. The Balaban J connectivity index is 1.35. The van der Waals surface area contributed by atoms with Gasteiger partial charge in [-0.25, -0.2) is 0 Å². The minimum atomic E-state index is -1.72. The largest absolute Gasteiger partial charge is 0.462 e. The van der Waals surface area contributed by atoms with E-state index in [1.165, 1.54) is 0 Å². The van der Waals surface area contributed by atoms with Gasteiger partial charge in [0.1, 0.15) is 29.8 Å². The summed E-state index contributed by atoms with van der Waals surface area (Å²) < 4.78 is 31.7. The minimum absolute atomic E-state index is 0.0383. The predicted octanol–water partition coefficient (Wildman–Crippen LogP) is 3.11. The van der Waals surface area contributed by atoms with Crippen LogP contribution >= 0.6 is 0 Å². The van der Waals surface area contributed by atoms with E-state index in [1.54, 1.807) is 13.0 Å². The van der Waals surface area contributed by atoms with Crippen LogP contribution < -0.4 is 0 Å². The summed E-state index contributed by atoms with van der Waals surface area (Å²) in [6.07, 6.45) is 9.12. The number of rotatable bonds is 2. The second-order valence-corrected chi connectivity index (χ2v) is 13.5. The van der Waals surface area contributed by atoms with Crippen molar-refractivity contribution in [3.63, 3.8) is 0 Å². The van der Waals surface area contributed by atoms with E-state index in [-0.39, 0.29) is 49.0 Å². The van der Waals surface area contributed by atoms with Gasteiger partial charge in [0, 0.05) is 38.2 Å². The van der Waals surface area contributed by atoms with Crippen LogP contribution in [0.2, 0.25) is 0 Å². The van der Waals surface area contributed by atoms with Crippen molar-refractivity contribution in [2.45, 2.75) is 126 Å². The SMILES string of the molecule is CCC1O[C@]2(CC[C@@H]1CO)C[C@@H]1C[C@@H](C[C@H]3O[C@@]3(C)C[C@@H](C)/C=C/C=C3\CO[C@@H]4[C@H](O)C(C)=C[C@@H](C(=O)O1)[C@]34O)O2. The molecule has 0 aromatic heterocycles. The molecule has 1 spiro atoms. The second kappa shape index (κ2) is 10.8. The number of aliphatic hydroxyl groups excluding tert-OH is 2. The normalized spacial score (nSPS) is 52.0. The third-order valence-corrected chi connectivity index (χ3v) is 10.4.